The number of rotatable bonds is 8. The lowest BCUT2D eigenvalue weighted by molar-refractivity contribution is 0.671. The van der Waals surface area contributed by atoms with Gasteiger partial charge in [-0.05, 0) is 97.7 Å². The maximum Gasteiger partial charge on any atom is 0.143 e. The van der Waals surface area contributed by atoms with Crippen LogP contribution in [0.2, 0.25) is 0 Å². The highest BCUT2D eigenvalue weighted by molar-refractivity contribution is 6.20. The Bertz CT molecular complexity index is 3160. The number of hydrogen-bond donors (Lipinski definition) is 0. The fourth-order valence-corrected chi connectivity index (χ4v) is 8.67. The van der Waals surface area contributed by atoms with E-state index >= 15 is 0 Å². The lowest BCUT2D eigenvalue weighted by Crippen LogP contribution is -2.09. The summed E-state index contributed by atoms with van der Waals surface area (Å²) in [6, 6.07) is 84.6. The summed E-state index contributed by atoms with van der Waals surface area (Å²) in [4.78, 5) is 2.33. The van der Waals surface area contributed by atoms with E-state index in [0.29, 0.717) is 0 Å². The molecular weight excluding hydrogens is 727 g/mol. The first-order valence-electron chi connectivity index (χ1n) is 20.5. The second kappa shape index (κ2) is 15.1. The highest BCUT2D eigenvalue weighted by Crippen LogP contribution is 2.45. The van der Waals surface area contributed by atoms with E-state index in [-0.39, 0.29) is 0 Å². The van der Waals surface area contributed by atoms with Crippen molar-refractivity contribution < 1.29 is 4.42 Å². The van der Waals surface area contributed by atoms with Crippen LogP contribution in [0.4, 0.5) is 17.1 Å². The third-order valence-corrected chi connectivity index (χ3v) is 11.7. The van der Waals surface area contributed by atoms with Gasteiger partial charge in [-0.15, -0.1) is 0 Å². The number of hydrogen-bond acceptors (Lipinski definition) is 2. The first-order valence-corrected chi connectivity index (χ1v) is 20.5. The summed E-state index contributed by atoms with van der Waals surface area (Å²) in [7, 11) is 0. The molecule has 0 amide bonds. The van der Waals surface area contributed by atoms with Crippen molar-refractivity contribution in [1.82, 2.24) is 0 Å². The van der Waals surface area contributed by atoms with Crippen molar-refractivity contribution in [2.45, 2.75) is 0 Å². The van der Waals surface area contributed by atoms with Crippen LogP contribution in [0.5, 0.6) is 0 Å². The monoisotopic (exact) mass is 765 g/mol. The van der Waals surface area contributed by atoms with Crippen molar-refractivity contribution in [1.29, 1.82) is 0 Å². The maximum absolute atomic E-state index is 7.05. The molecule has 282 valence electrons. The summed E-state index contributed by atoms with van der Waals surface area (Å²) in [5.41, 5.74) is 16.6. The molecule has 2 nitrogen and oxygen atoms in total. The van der Waals surface area contributed by atoms with Crippen molar-refractivity contribution in [3.63, 3.8) is 0 Å². The van der Waals surface area contributed by atoms with Gasteiger partial charge in [-0.1, -0.05) is 194 Å². The topological polar surface area (TPSA) is 16.4 Å². The molecule has 0 saturated heterocycles. The minimum Gasteiger partial charge on any atom is -0.455 e. The third kappa shape index (κ3) is 6.41. The first-order chi connectivity index (χ1) is 29.7. The molecule has 10 aromatic carbocycles. The van der Waals surface area contributed by atoms with E-state index in [9.17, 15) is 0 Å². The van der Waals surface area contributed by atoms with Crippen molar-refractivity contribution in [2.24, 2.45) is 0 Å². The van der Waals surface area contributed by atoms with Gasteiger partial charge in [-0.2, -0.15) is 0 Å². The van der Waals surface area contributed by atoms with Gasteiger partial charge in [0.25, 0.3) is 0 Å². The van der Waals surface area contributed by atoms with Crippen LogP contribution in [-0.2, 0) is 0 Å². The van der Waals surface area contributed by atoms with Gasteiger partial charge in [0, 0.05) is 39.0 Å². The fourth-order valence-electron chi connectivity index (χ4n) is 8.67. The van der Waals surface area contributed by atoms with E-state index < -0.39 is 0 Å². The predicted molar refractivity (Wildman–Crippen MR) is 253 cm³/mol. The highest BCUT2D eigenvalue weighted by atomic mass is 16.3. The van der Waals surface area contributed by atoms with Gasteiger partial charge in [0.1, 0.15) is 11.2 Å². The fraction of sp³-hybridized carbons (Fsp3) is 0. The molecule has 1 aromatic heterocycles. The molecule has 0 spiro atoms. The number of anilines is 3. The molecule has 0 saturated carbocycles. The molecule has 0 aliphatic rings. The number of fused-ring (bicyclic) bond motifs is 4. The molecule has 0 unspecified atom stereocenters. The van der Waals surface area contributed by atoms with E-state index in [1.165, 1.54) is 44.2 Å². The Hall–Kier alpha value is -7.94. The van der Waals surface area contributed by atoms with E-state index in [1.54, 1.807) is 0 Å². The third-order valence-electron chi connectivity index (χ3n) is 11.7. The Kier molecular flexibility index (Phi) is 8.87. The van der Waals surface area contributed by atoms with Gasteiger partial charge in [-0.25, -0.2) is 0 Å². The second-order valence-electron chi connectivity index (χ2n) is 15.3. The second-order valence-corrected chi connectivity index (χ2v) is 15.3. The maximum atomic E-state index is 7.05. The van der Waals surface area contributed by atoms with Crippen LogP contribution < -0.4 is 4.90 Å². The Labute approximate surface area is 349 Å². The van der Waals surface area contributed by atoms with Crippen molar-refractivity contribution in [3.8, 4) is 55.6 Å². The SMILES string of the molecule is c1ccc(-c2ccc(-c3c4ccccc4cc4c3oc3c(-c5ccc(N(c6ccc(-c7ccccc7)cc6)c6ccc(-c7ccccc7)cc6)cc5)cccc34)cc2)cc1. The summed E-state index contributed by atoms with van der Waals surface area (Å²) < 4.78 is 7.05. The Morgan fingerprint density at radius 2 is 0.667 bits per heavy atom. The first kappa shape index (κ1) is 35.2. The van der Waals surface area contributed by atoms with Gasteiger partial charge in [0.15, 0.2) is 0 Å². The van der Waals surface area contributed by atoms with E-state index in [1.807, 2.05) is 0 Å². The molecule has 0 aliphatic carbocycles. The van der Waals surface area contributed by atoms with Crippen LogP contribution in [0.25, 0.3) is 88.3 Å². The normalized spacial score (nSPS) is 11.3. The van der Waals surface area contributed by atoms with Gasteiger partial charge < -0.3 is 9.32 Å². The molecule has 11 rings (SSSR count). The van der Waals surface area contributed by atoms with Crippen LogP contribution in [0.3, 0.4) is 0 Å². The summed E-state index contributed by atoms with van der Waals surface area (Å²) in [6.07, 6.45) is 0. The molecule has 0 atom stereocenters. The summed E-state index contributed by atoms with van der Waals surface area (Å²) in [6.45, 7) is 0. The average molecular weight is 766 g/mol. The zero-order chi connectivity index (χ0) is 39.8. The van der Waals surface area contributed by atoms with Crippen LogP contribution in [-0.4, -0.2) is 0 Å². The van der Waals surface area contributed by atoms with Crippen molar-refractivity contribution in [2.75, 3.05) is 4.90 Å². The molecule has 2 heteroatoms. The molecular formula is C58H39NO. The zero-order valence-corrected chi connectivity index (χ0v) is 32.9. The molecule has 0 N–H and O–H groups in total. The Morgan fingerprint density at radius 3 is 1.18 bits per heavy atom. The van der Waals surface area contributed by atoms with Crippen molar-refractivity contribution >= 4 is 49.8 Å². The molecule has 1 heterocycles. The Morgan fingerprint density at radius 1 is 0.267 bits per heavy atom. The van der Waals surface area contributed by atoms with Crippen molar-refractivity contribution in [3.05, 3.63) is 237 Å². The number of furan rings is 1. The van der Waals surface area contributed by atoms with Crippen LogP contribution in [0.15, 0.2) is 241 Å². The molecule has 0 radical (unpaired) electrons. The number of para-hydroxylation sites is 1. The van der Waals surface area contributed by atoms with Gasteiger partial charge in [0.2, 0.25) is 0 Å². The Balaban J connectivity index is 1.00. The smallest absolute Gasteiger partial charge is 0.143 e. The predicted octanol–water partition coefficient (Wildman–Crippen LogP) is 16.5. The standard InChI is InChI=1S/C58H39NO/c1-4-13-40(14-5-1)43-23-25-47(26-24-43)56-52-20-11-10-19-48(52)39-55-54-22-12-21-53(57(54)60-58(55)56)46-31-37-51(38-32-46)59(49-33-27-44(28-34-49)41-15-6-2-7-16-41)50-35-29-45(30-36-50)42-17-8-3-9-18-42/h1-39H. The van der Waals surface area contributed by atoms with Gasteiger partial charge in [-0.3, -0.25) is 0 Å². The largest absolute Gasteiger partial charge is 0.455 e. The summed E-state index contributed by atoms with van der Waals surface area (Å²) in [5, 5.41) is 4.60. The molecule has 60 heavy (non-hydrogen) atoms. The quantitative estimate of drug-likeness (QED) is 0.153. The lowest BCUT2D eigenvalue weighted by atomic mass is 9.93. The molecule has 0 bridgehead atoms. The molecule has 0 aliphatic heterocycles. The average Bonchev–Trinajstić information content (AvgIpc) is 3.71. The number of benzene rings is 10. The van der Waals surface area contributed by atoms with Gasteiger partial charge in [0.05, 0.1) is 0 Å². The van der Waals surface area contributed by atoms with Gasteiger partial charge >= 0.3 is 0 Å². The highest BCUT2D eigenvalue weighted by Gasteiger charge is 2.20. The molecule has 0 fully saturated rings. The van der Waals surface area contributed by atoms with E-state index in [4.69, 9.17) is 4.42 Å². The summed E-state index contributed by atoms with van der Waals surface area (Å²) >= 11 is 0. The minimum absolute atomic E-state index is 0.891. The zero-order valence-electron chi connectivity index (χ0n) is 32.9. The van der Waals surface area contributed by atoms with Crippen LogP contribution in [0.1, 0.15) is 0 Å². The molecule has 11 aromatic rings. The van der Waals surface area contributed by atoms with Crippen LogP contribution >= 0.6 is 0 Å². The number of nitrogens with zero attached hydrogens (tertiary/aromatic N) is 1. The lowest BCUT2D eigenvalue weighted by Gasteiger charge is -2.26. The summed E-state index contributed by atoms with van der Waals surface area (Å²) in [5.74, 6) is 0. The van der Waals surface area contributed by atoms with E-state index in [2.05, 4.69) is 241 Å². The minimum atomic E-state index is 0.891. The van der Waals surface area contributed by atoms with Crippen LogP contribution in [0, 0.1) is 0 Å². The van der Waals surface area contributed by atoms with E-state index in [0.717, 1.165) is 61.3 Å².